The number of benzene rings is 1. The summed E-state index contributed by atoms with van der Waals surface area (Å²) in [5, 5.41) is 23.0. The fraction of sp³-hybridized carbons (Fsp3) is 0.467. The van der Waals surface area contributed by atoms with Gasteiger partial charge in [-0.05, 0) is 30.5 Å². The number of aliphatic carboxylic acids is 1. The van der Waals surface area contributed by atoms with E-state index < -0.39 is 5.97 Å². The van der Waals surface area contributed by atoms with E-state index in [2.05, 4.69) is 10.6 Å². The van der Waals surface area contributed by atoms with Crippen LogP contribution in [-0.2, 0) is 4.79 Å². The average molecular weight is 310 g/mol. The molecular weight excluding hydrogens is 288 g/mol. The van der Waals surface area contributed by atoms with E-state index in [-0.39, 0.29) is 31.6 Å². The van der Waals surface area contributed by atoms with Crippen molar-refractivity contribution in [2.45, 2.75) is 25.3 Å². The Labute approximate surface area is 129 Å². The zero-order valence-electron chi connectivity index (χ0n) is 12.5. The highest BCUT2D eigenvalue weighted by molar-refractivity contribution is 5.74. The van der Waals surface area contributed by atoms with Gasteiger partial charge in [0.2, 0.25) is 0 Å². The van der Waals surface area contributed by atoms with Crippen LogP contribution in [0.2, 0.25) is 0 Å². The molecule has 0 aliphatic carbocycles. The zero-order chi connectivity index (χ0) is 16.4. The van der Waals surface area contributed by atoms with Crippen LogP contribution >= 0.6 is 0 Å². The molecule has 22 heavy (non-hydrogen) atoms. The first kappa shape index (κ1) is 17.8. The molecule has 7 nitrogen and oxygen atoms in total. The third-order valence-electron chi connectivity index (χ3n) is 3.09. The summed E-state index contributed by atoms with van der Waals surface area (Å²) < 4.78 is 5.08. The molecule has 1 rings (SSSR count). The van der Waals surface area contributed by atoms with Crippen LogP contribution in [0.25, 0.3) is 0 Å². The van der Waals surface area contributed by atoms with Gasteiger partial charge >= 0.3 is 12.0 Å². The van der Waals surface area contributed by atoms with Crippen LogP contribution in [0.3, 0.4) is 0 Å². The van der Waals surface area contributed by atoms with Gasteiger partial charge in [0.1, 0.15) is 5.75 Å². The molecular formula is C15H22N2O5. The number of aliphatic hydroxyl groups is 1. The van der Waals surface area contributed by atoms with E-state index >= 15 is 0 Å². The lowest BCUT2D eigenvalue weighted by atomic mass is 10.0. The molecule has 0 aromatic heterocycles. The van der Waals surface area contributed by atoms with Gasteiger partial charge in [-0.25, -0.2) is 4.79 Å². The van der Waals surface area contributed by atoms with Gasteiger partial charge in [0, 0.05) is 19.6 Å². The summed E-state index contributed by atoms with van der Waals surface area (Å²) in [6.45, 7) is 0.225. The van der Waals surface area contributed by atoms with Crippen LogP contribution in [0.5, 0.6) is 5.75 Å². The molecule has 1 unspecified atom stereocenters. The molecule has 2 amide bonds. The van der Waals surface area contributed by atoms with E-state index in [4.69, 9.17) is 14.9 Å². The van der Waals surface area contributed by atoms with E-state index in [0.717, 1.165) is 5.56 Å². The highest BCUT2D eigenvalue weighted by atomic mass is 16.5. The maximum Gasteiger partial charge on any atom is 0.315 e. The Morgan fingerprint density at radius 2 is 1.95 bits per heavy atom. The van der Waals surface area contributed by atoms with Crippen molar-refractivity contribution in [1.82, 2.24) is 10.6 Å². The van der Waals surface area contributed by atoms with Crippen molar-refractivity contribution in [3.63, 3.8) is 0 Å². The molecule has 0 fully saturated rings. The summed E-state index contributed by atoms with van der Waals surface area (Å²) in [4.78, 5) is 22.2. The average Bonchev–Trinajstić information content (AvgIpc) is 2.51. The number of carboxylic acids is 1. The predicted octanol–water partition coefficient (Wildman–Crippen LogP) is 1.28. The van der Waals surface area contributed by atoms with Gasteiger partial charge in [-0.3, -0.25) is 4.79 Å². The summed E-state index contributed by atoms with van der Waals surface area (Å²) in [5.41, 5.74) is 0.857. The first-order valence-electron chi connectivity index (χ1n) is 7.07. The van der Waals surface area contributed by atoms with Crippen LogP contribution in [0.15, 0.2) is 24.3 Å². The first-order chi connectivity index (χ1) is 10.6. The number of ether oxygens (including phenoxy) is 1. The summed E-state index contributed by atoms with van der Waals surface area (Å²) in [5.74, 6) is -0.178. The highest BCUT2D eigenvalue weighted by Crippen LogP contribution is 2.20. The zero-order valence-corrected chi connectivity index (χ0v) is 12.5. The van der Waals surface area contributed by atoms with Gasteiger partial charge < -0.3 is 25.6 Å². The molecule has 0 bridgehead atoms. The fourth-order valence-electron chi connectivity index (χ4n) is 1.94. The van der Waals surface area contributed by atoms with Crippen molar-refractivity contribution in [1.29, 1.82) is 0 Å². The first-order valence-corrected chi connectivity index (χ1v) is 7.07. The number of urea groups is 1. The second-order valence-electron chi connectivity index (χ2n) is 4.74. The maximum absolute atomic E-state index is 11.8. The topological polar surface area (TPSA) is 108 Å². The number of rotatable bonds is 9. The minimum atomic E-state index is -0.890. The van der Waals surface area contributed by atoms with Gasteiger partial charge in [-0.2, -0.15) is 0 Å². The maximum atomic E-state index is 11.8. The van der Waals surface area contributed by atoms with Crippen molar-refractivity contribution in [2.75, 3.05) is 20.3 Å². The van der Waals surface area contributed by atoms with Gasteiger partial charge in [0.05, 0.1) is 13.2 Å². The number of carbonyl (C=O) groups is 2. The Morgan fingerprint density at radius 1 is 1.27 bits per heavy atom. The van der Waals surface area contributed by atoms with Crippen LogP contribution in [0.4, 0.5) is 4.79 Å². The standard InChI is InChI=1S/C15H22N2O5/c1-22-12-6-4-11(5-7-12)13(8-10-18)17-15(21)16-9-2-3-14(19)20/h4-7,13,18H,2-3,8-10H2,1H3,(H,19,20)(H2,16,17,21). The molecule has 1 aromatic rings. The molecule has 4 N–H and O–H groups in total. The molecule has 0 saturated carbocycles. The number of hydrogen-bond acceptors (Lipinski definition) is 4. The van der Waals surface area contributed by atoms with E-state index in [0.29, 0.717) is 18.6 Å². The van der Waals surface area contributed by atoms with Crippen LogP contribution in [0, 0.1) is 0 Å². The Bertz CT molecular complexity index is 475. The minimum Gasteiger partial charge on any atom is -0.497 e. The molecule has 1 aromatic carbocycles. The smallest absolute Gasteiger partial charge is 0.315 e. The molecule has 0 aliphatic heterocycles. The van der Waals surface area contributed by atoms with Crippen LogP contribution in [-0.4, -0.2) is 42.5 Å². The molecule has 122 valence electrons. The number of methoxy groups -OCH3 is 1. The molecule has 0 saturated heterocycles. The highest BCUT2D eigenvalue weighted by Gasteiger charge is 2.14. The molecule has 0 heterocycles. The molecule has 1 atom stereocenters. The number of aliphatic hydroxyl groups excluding tert-OH is 1. The van der Waals surface area contributed by atoms with E-state index in [1.807, 2.05) is 12.1 Å². The number of nitrogens with one attached hydrogen (secondary N) is 2. The third-order valence-corrected chi connectivity index (χ3v) is 3.09. The lowest BCUT2D eigenvalue weighted by Crippen LogP contribution is -2.38. The van der Waals surface area contributed by atoms with Crippen LogP contribution in [0.1, 0.15) is 30.9 Å². The minimum absolute atomic E-state index is 0.0127. The normalized spacial score (nSPS) is 11.5. The molecule has 0 aliphatic rings. The monoisotopic (exact) mass is 310 g/mol. The van der Waals surface area contributed by atoms with Gasteiger partial charge in [-0.15, -0.1) is 0 Å². The Morgan fingerprint density at radius 3 is 2.50 bits per heavy atom. The van der Waals surface area contributed by atoms with Gasteiger partial charge in [0.25, 0.3) is 0 Å². The second-order valence-corrected chi connectivity index (χ2v) is 4.74. The lowest BCUT2D eigenvalue weighted by Gasteiger charge is -2.19. The number of hydrogen-bond donors (Lipinski definition) is 4. The summed E-state index contributed by atoms with van der Waals surface area (Å²) in [6.07, 6.45) is 0.768. The SMILES string of the molecule is COc1ccc(C(CCO)NC(=O)NCCCC(=O)O)cc1. The number of amides is 2. The summed E-state index contributed by atoms with van der Waals surface area (Å²) in [7, 11) is 1.57. The van der Waals surface area contributed by atoms with Crippen LogP contribution < -0.4 is 15.4 Å². The predicted molar refractivity (Wildman–Crippen MR) is 80.8 cm³/mol. The van der Waals surface area contributed by atoms with E-state index in [9.17, 15) is 9.59 Å². The summed E-state index contributed by atoms with van der Waals surface area (Å²) in [6, 6.07) is 6.50. The fourth-order valence-corrected chi connectivity index (χ4v) is 1.94. The molecule has 0 radical (unpaired) electrons. The van der Waals surface area contributed by atoms with Crippen molar-refractivity contribution >= 4 is 12.0 Å². The third kappa shape index (κ3) is 6.45. The molecule has 0 spiro atoms. The molecule has 7 heteroatoms. The van der Waals surface area contributed by atoms with Crippen molar-refractivity contribution in [3.05, 3.63) is 29.8 Å². The summed E-state index contributed by atoms with van der Waals surface area (Å²) >= 11 is 0. The van der Waals surface area contributed by atoms with Crippen molar-refractivity contribution < 1.29 is 24.5 Å². The lowest BCUT2D eigenvalue weighted by molar-refractivity contribution is -0.137. The van der Waals surface area contributed by atoms with Gasteiger partial charge in [0.15, 0.2) is 0 Å². The Hall–Kier alpha value is -2.28. The van der Waals surface area contributed by atoms with Crippen molar-refractivity contribution in [3.8, 4) is 5.75 Å². The van der Waals surface area contributed by atoms with E-state index in [1.165, 1.54) is 0 Å². The number of carboxylic acid groups (broad SMARTS) is 1. The van der Waals surface area contributed by atoms with E-state index in [1.54, 1.807) is 19.2 Å². The Kier molecular flexibility index (Phi) is 7.77. The largest absolute Gasteiger partial charge is 0.497 e. The Balaban J connectivity index is 2.51. The van der Waals surface area contributed by atoms with Gasteiger partial charge in [-0.1, -0.05) is 12.1 Å². The number of carbonyl (C=O) groups excluding carboxylic acids is 1. The quantitative estimate of drug-likeness (QED) is 0.514. The second kappa shape index (κ2) is 9.62. The van der Waals surface area contributed by atoms with Crippen molar-refractivity contribution in [2.24, 2.45) is 0 Å².